The molecule has 1 N–H and O–H groups in total. The zero-order chi connectivity index (χ0) is 22.2. The smallest absolute Gasteiger partial charge is 0.354 e. The number of fused-ring (bicyclic) bond motifs is 1. The van der Waals surface area contributed by atoms with Crippen molar-refractivity contribution in [2.45, 2.75) is 51.0 Å². The zero-order valence-electron chi connectivity index (χ0n) is 18.0. The van der Waals surface area contributed by atoms with Gasteiger partial charge in [0.1, 0.15) is 11.9 Å². The third-order valence-corrected chi connectivity index (χ3v) is 6.52. The van der Waals surface area contributed by atoms with E-state index >= 15 is 0 Å². The molecule has 1 aliphatic carbocycles. The van der Waals surface area contributed by atoms with E-state index in [2.05, 4.69) is 4.98 Å². The molecule has 5 rings (SSSR count). The number of hydrogen-bond donors (Lipinski definition) is 1. The number of carbonyl (C=O) groups is 2. The van der Waals surface area contributed by atoms with Gasteiger partial charge < -0.3 is 14.7 Å². The highest BCUT2D eigenvalue weighted by Gasteiger charge is 2.31. The first-order chi connectivity index (χ1) is 15.5. The molecule has 2 aliphatic rings. The first kappa shape index (κ1) is 20.5. The number of aromatic carboxylic acids is 1. The number of para-hydroxylation sites is 1. The van der Waals surface area contributed by atoms with Gasteiger partial charge in [0.2, 0.25) is 5.91 Å². The lowest BCUT2D eigenvalue weighted by Gasteiger charge is -2.32. The van der Waals surface area contributed by atoms with Crippen molar-refractivity contribution in [3.05, 3.63) is 47.8 Å². The van der Waals surface area contributed by atoms with Gasteiger partial charge in [-0.15, -0.1) is 0 Å². The van der Waals surface area contributed by atoms with Crippen LogP contribution >= 0.6 is 0 Å². The highest BCUT2D eigenvalue weighted by molar-refractivity contribution is 5.94. The number of ether oxygens (including phenoxy) is 1. The Balaban J connectivity index is 1.60. The molecule has 2 aromatic heterocycles. The summed E-state index contributed by atoms with van der Waals surface area (Å²) in [6.45, 7) is 2.85. The summed E-state index contributed by atoms with van der Waals surface area (Å²) in [6.07, 6.45) is 4.59. The summed E-state index contributed by atoms with van der Waals surface area (Å²) in [5.41, 5.74) is 2.20. The normalized spacial score (nSPS) is 17.3. The van der Waals surface area contributed by atoms with Crippen molar-refractivity contribution in [1.82, 2.24) is 19.7 Å². The molecule has 166 valence electrons. The average Bonchev–Trinajstić information content (AvgIpc) is 3.13. The van der Waals surface area contributed by atoms with Crippen molar-refractivity contribution in [1.29, 1.82) is 0 Å². The van der Waals surface area contributed by atoms with Crippen LogP contribution in [0.2, 0.25) is 0 Å². The summed E-state index contributed by atoms with van der Waals surface area (Å²) in [7, 11) is 0. The molecule has 0 spiro atoms. The van der Waals surface area contributed by atoms with Crippen molar-refractivity contribution in [2.24, 2.45) is 0 Å². The Kier molecular flexibility index (Phi) is 5.28. The largest absolute Gasteiger partial charge is 0.489 e. The fourth-order valence-electron chi connectivity index (χ4n) is 4.50. The number of carboxylic acid groups (broad SMARTS) is 1. The second-order valence-corrected chi connectivity index (χ2v) is 8.59. The van der Waals surface area contributed by atoms with Gasteiger partial charge in [0.15, 0.2) is 11.3 Å². The molecule has 1 saturated heterocycles. The molecule has 1 aliphatic heterocycles. The molecule has 1 saturated carbocycles. The standard InChI is InChI=1S/C24H26N4O4/c1-15(29)27-12-10-18(11-13-27)32-20-14-19(24(30)31)25-23-21(20)22(16-6-5-7-16)26-28(23)17-8-3-2-4-9-17/h2-4,8-9,14,16,18H,5-7,10-13H2,1H3,(H,30,31). The maximum Gasteiger partial charge on any atom is 0.354 e. The van der Waals surface area contributed by atoms with Crippen molar-refractivity contribution in [3.63, 3.8) is 0 Å². The minimum Gasteiger partial charge on any atom is -0.489 e. The van der Waals surface area contributed by atoms with Crippen molar-refractivity contribution in [2.75, 3.05) is 13.1 Å². The van der Waals surface area contributed by atoms with E-state index < -0.39 is 5.97 Å². The molecule has 1 amide bonds. The molecule has 32 heavy (non-hydrogen) atoms. The van der Waals surface area contributed by atoms with Gasteiger partial charge in [0, 0.05) is 44.8 Å². The van der Waals surface area contributed by atoms with Gasteiger partial charge in [0.05, 0.1) is 16.8 Å². The minimum absolute atomic E-state index is 0.0640. The molecule has 8 heteroatoms. The maximum atomic E-state index is 11.9. The molecule has 0 bridgehead atoms. The van der Waals surface area contributed by atoms with E-state index in [0.717, 1.165) is 36.0 Å². The SMILES string of the molecule is CC(=O)N1CCC(Oc2cc(C(=O)O)nc3c2c(C2CCC2)nn3-c2ccccc2)CC1. The zero-order valence-corrected chi connectivity index (χ0v) is 18.0. The predicted molar refractivity (Wildman–Crippen MR) is 118 cm³/mol. The molecule has 1 aromatic carbocycles. The summed E-state index contributed by atoms with van der Waals surface area (Å²) in [6, 6.07) is 11.2. The van der Waals surface area contributed by atoms with Crippen LogP contribution in [-0.4, -0.2) is 55.8 Å². The molecule has 0 atom stereocenters. The van der Waals surface area contributed by atoms with Crippen molar-refractivity contribution in [3.8, 4) is 11.4 Å². The van der Waals surface area contributed by atoms with Crippen LogP contribution in [-0.2, 0) is 4.79 Å². The number of rotatable bonds is 5. The van der Waals surface area contributed by atoms with E-state index in [1.807, 2.05) is 35.2 Å². The van der Waals surface area contributed by atoms with Gasteiger partial charge in [-0.1, -0.05) is 24.6 Å². The number of benzene rings is 1. The Morgan fingerprint density at radius 3 is 2.41 bits per heavy atom. The lowest BCUT2D eigenvalue weighted by atomic mass is 9.82. The molecule has 2 fully saturated rings. The number of carbonyl (C=O) groups excluding carboxylic acids is 1. The number of hydrogen-bond acceptors (Lipinski definition) is 5. The monoisotopic (exact) mass is 434 g/mol. The molecule has 0 radical (unpaired) electrons. The van der Waals surface area contributed by atoms with Gasteiger partial charge >= 0.3 is 5.97 Å². The molecule has 3 aromatic rings. The Hall–Kier alpha value is -3.42. The summed E-state index contributed by atoms with van der Waals surface area (Å²) < 4.78 is 8.14. The van der Waals surface area contributed by atoms with Crippen LogP contribution in [0.5, 0.6) is 5.75 Å². The number of likely N-dealkylation sites (tertiary alicyclic amines) is 1. The average molecular weight is 434 g/mol. The van der Waals surface area contributed by atoms with Crippen LogP contribution < -0.4 is 4.74 Å². The van der Waals surface area contributed by atoms with Crippen LogP contribution in [0.25, 0.3) is 16.7 Å². The second-order valence-electron chi connectivity index (χ2n) is 8.59. The fourth-order valence-corrected chi connectivity index (χ4v) is 4.50. The summed E-state index contributed by atoms with van der Waals surface area (Å²) >= 11 is 0. The number of nitrogens with zero attached hydrogens (tertiary/aromatic N) is 4. The van der Waals surface area contributed by atoms with E-state index in [1.54, 1.807) is 11.6 Å². The maximum absolute atomic E-state index is 11.9. The van der Waals surface area contributed by atoms with Crippen LogP contribution in [0.1, 0.15) is 61.1 Å². The number of amides is 1. The lowest BCUT2D eigenvalue weighted by molar-refractivity contribution is -0.130. The van der Waals surface area contributed by atoms with Gasteiger partial charge in [0.25, 0.3) is 0 Å². The quantitative estimate of drug-likeness (QED) is 0.656. The topological polar surface area (TPSA) is 97.6 Å². The highest BCUT2D eigenvalue weighted by Crippen LogP contribution is 2.43. The van der Waals surface area contributed by atoms with Crippen LogP contribution in [0, 0.1) is 0 Å². The lowest BCUT2D eigenvalue weighted by Crippen LogP contribution is -2.40. The summed E-state index contributed by atoms with van der Waals surface area (Å²) in [4.78, 5) is 29.8. The highest BCUT2D eigenvalue weighted by atomic mass is 16.5. The Labute approximate surface area is 185 Å². The van der Waals surface area contributed by atoms with E-state index in [0.29, 0.717) is 43.2 Å². The van der Waals surface area contributed by atoms with Crippen molar-refractivity contribution >= 4 is 22.9 Å². The Bertz CT molecular complexity index is 1160. The van der Waals surface area contributed by atoms with E-state index in [1.165, 1.54) is 6.07 Å². The molecule has 3 heterocycles. The first-order valence-corrected chi connectivity index (χ1v) is 11.2. The second kappa shape index (κ2) is 8.26. The van der Waals surface area contributed by atoms with E-state index in [-0.39, 0.29) is 17.7 Å². The fraction of sp³-hybridized carbons (Fsp3) is 0.417. The molecular weight excluding hydrogens is 408 g/mol. The summed E-state index contributed by atoms with van der Waals surface area (Å²) in [5.74, 6) is -0.187. The molecule has 0 unspecified atom stereocenters. The Morgan fingerprint density at radius 2 is 1.81 bits per heavy atom. The predicted octanol–water partition coefficient (Wildman–Crippen LogP) is 3.78. The third kappa shape index (κ3) is 3.70. The van der Waals surface area contributed by atoms with E-state index in [9.17, 15) is 14.7 Å². The van der Waals surface area contributed by atoms with Crippen LogP contribution in [0.4, 0.5) is 0 Å². The van der Waals surface area contributed by atoms with Crippen LogP contribution in [0.3, 0.4) is 0 Å². The van der Waals surface area contributed by atoms with Crippen molar-refractivity contribution < 1.29 is 19.4 Å². The van der Waals surface area contributed by atoms with Gasteiger partial charge in [-0.3, -0.25) is 4.79 Å². The van der Waals surface area contributed by atoms with E-state index in [4.69, 9.17) is 9.84 Å². The third-order valence-electron chi connectivity index (χ3n) is 6.52. The van der Waals surface area contributed by atoms with Gasteiger partial charge in [-0.25, -0.2) is 14.5 Å². The number of carboxylic acids is 1. The summed E-state index contributed by atoms with van der Waals surface area (Å²) in [5, 5.41) is 15.4. The number of piperidine rings is 1. The molecule has 8 nitrogen and oxygen atoms in total. The van der Waals surface area contributed by atoms with Crippen LogP contribution in [0.15, 0.2) is 36.4 Å². The molecular formula is C24H26N4O4. The minimum atomic E-state index is -1.10. The number of aromatic nitrogens is 3. The first-order valence-electron chi connectivity index (χ1n) is 11.2. The van der Waals surface area contributed by atoms with Gasteiger partial charge in [-0.2, -0.15) is 5.10 Å². The Morgan fingerprint density at radius 1 is 1.09 bits per heavy atom. The van der Waals surface area contributed by atoms with Gasteiger partial charge in [-0.05, 0) is 25.0 Å². The number of pyridine rings is 1.